The van der Waals surface area contributed by atoms with Gasteiger partial charge in [-0.2, -0.15) is 0 Å². The highest BCUT2D eigenvalue weighted by molar-refractivity contribution is 6.39. The average Bonchev–Trinajstić information content (AvgIpc) is 1.85. The molecular weight excluding hydrogens is 222 g/mol. The number of hydrogen-bond donors (Lipinski definition) is 1. The normalized spacial score (nSPS) is 8.83. The Bertz CT molecular complexity index is 283. The Morgan fingerprint density at radius 1 is 1.33 bits per heavy atom. The van der Waals surface area contributed by atoms with Gasteiger partial charge in [0.25, 0.3) is 5.91 Å². The number of hydrogen-bond acceptors (Lipinski definition) is 2. The fourth-order valence-electron chi connectivity index (χ4n) is 0.647. The van der Waals surface area contributed by atoms with Gasteiger partial charge in [-0.25, -0.2) is 0 Å². The Kier molecular flexibility index (Phi) is 4.31. The molecule has 3 nitrogen and oxygen atoms in total. The highest BCUT2D eigenvalue weighted by Crippen LogP contribution is 2.21. The number of carbonyl (C=O) groups excluding carboxylic acids is 1. The first-order chi connectivity index (χ1) is 5.13. The fraction of sp³-hybridized carbons (Fsp3) is 0. The van der Waals surface area contributed by atoms with E-state index in [0.717, 1.165) is 0 Å². The van der Waals surface area contributed by atoms with Gasteiger partial charge in [-0.05, 0) is 0 Å². The summed E-state index contributed by atoms with van der Waals surface area (Å²) >= 11 is 11.2. The summed E-state index contributed by atoms with van der Waals surface area (Å²) in [6.07, 6.45) is 2.63. The van der Waals surface area contributed by atoms with Gasteiger partial charge < -0.3 is 5.73 Å². The number of pyridine rings is 1. The monoisotopic (exact) mass is 226 g/mol. The molecule has 66 valence electrons. The summed E-state index contributed by atoms with van der Waals surface area (Å²) < 4.78 is 0. The second kappa shape index (κ2) is 4.50. The molecule has 0 unspecified atom stereocenters. The second-order valence-electron chi connectivity index (χ2n) is 1.84. The number of carbonyl (C=O) groups is 1. The first-order valence-corrected chi connectivity index (χ1v) is 3.47. The molecule has 0 bridgehead atoms. The minimum absolute atomic E-state index is 0. The highest BCUT2D eigenvalue weighted by atomic mass is 35.5. The van der Waals surface area contributed by atoms with E-state index in [9.17, 15) is 4.79 Å². The Morgan fingerprint density at radius 3 is 2.00 bits per heavy atom. The molecule has 0 atom stereocenters. The lowest BCUT2D eigenvalue weighted by atomic mass is 10.2. The molecule has 12 heavy (non-hydrogen) atoms. The van der Waals surface area contributed by atoms with Crippen LogP contribution in [0, 0.1) is 0 Å². The third-order valence-corrected chi connectivity index (χ3v) is 1.67. The molecule has 0 aliphatic heterocycles. The van der Waals surface area contributed by atoms with E-state index in [-0.39, 0.29) is 28.0 Å². The second-order valence-corrected chi connectivity index (χ2v) is 2.66. The molecule has 0 fully saturated rings. The largest absolute Gasteiger partial charge is 0.366 e. The molecule has 0 saturated carbocycles. The summed E-state index contributed by atoms with van der Waals surface area (Å²) in [6.45, 7) is 0. The van der Waals surface area contributed by atoms with Crippen LogP contribution < -0.4 is 5.73 Å². The number of primary amides is 1. The van der Waals surface area contributed by atoms with Crippen LogP contribution in [0.1, 0.15) is 10.4 Å². The van der Waals surface area contributed by atoms with Gasteiger partial charge in [0.05, 0.1) is 15.6 Å². The van der Waals surface area contributed by atoms with Crippen LogP contribution in [-0.4, -0.2) is 10.9 Å². The number of amides is 1. The molecule has 1 aromatic rings. The van der Waals surface area contributed by atoms with Crippen molar-refractivity contribution in [1.82, 2.24) is 4.98 Å². The number of rotatable bonds is 1. The number of halogens is 3. The molecule has 0 spiro atoms. The molecule has 0 aromatic carbocycles. The highest BCUT2D eigenvalue weighted by Gasteiger charge is 2.10. The molecule has 0 radical (unpaired) electrons. The van der Waals surface area contributed by atoms with E-state index in [1.807, 2.05) is 0 Å². The molecule has 0 saturated heterocycles. The maximum absolute atomic E-state index is 10.7. The van der Waals surface area contributed by atoms with E-state index in [1.54, 1.807) is 0 Å². The van der Waals surface area contributed by atoms with Crippen LogP contribution in [0.25, 0.3) is 0 Å². The Hall–Kier alpha value is -0.510. The first-order valence-electron chi connectivity index (χ1n) is 2.71. The van der Waals surface area contributed by atoms with Crippen LogP contribution in [0.4, 0.5) is 0 Å². The van der Waals surface area contributed by atoms with Crippen molar-refractivity contribution >= 4 is 41.5 Å². The lowest BCUT2D eigenvalue weighted by molar-refractivity contribution is 0.100. The first kappa shape index (κ1) is 11.5. The van der Waals surface area contributed by atoms with Gasteiger partial charge in [-0.15, -0.1) is 12.4 Å². The van der Waals surface area contributed by atoms with Crippen molar-refractivity contribution < 1.29 is 4.79 Å². The summed E-state index contributed by atoms with van der Waals surface area (Å²) in [5.41, 5.74) is 5.09. The predicted octanol–water partition coefficient (Wildman–Crippen LogP) is 1.91. The minimum atomic E-state index is -0.651. The van der Waals surface area contributed by atoms with Crippen LogP contribution in [0.2, 0.25) is 10.0 Å². The zero-order chi connectivity index (χ0) is 8.43. The van der Waals surface area contributed by atoms with Gasteiger partial charge in [0.15, 0.2) is 0 Å². The third kappa shape index (κ3) is 2.24. The van der Waals surface area contributed by atoms with Crippen molar-refractivity contribution in [2.45, 2.75) is 0 Å². The van der Waals surface area contributed by atoms with Crippen molar-refractivity contribution in [1.29, 1.82) is 0 Å². The molecule has 1 rings (SSSR count). The average molecular weight is 227 g/mol. The lowest BCUT2D eigenvalue weighted by Gasteiger charge is -1.99. The molecule has 6 heteroatoms. The molecular formula is C6H5Cl3N2O. The predicted molar refractivity (Wildman–Crippen MR) is 50.0 cm³/mol. The van der Waals surface area contributed by atoms with E-state index >= 15 is 0 Å². The van der Waals surface area contributed by atoms with Gasteiger partial charge in [0.2, 0.25) is 0 Å². The molecule has 0 aliphatic carbocycles. The van der Waals surface area contributed by atoms with Crippen molar-refractivity contribution in [2.75, 3.05) is 0 Å². The van der Waals surface area contributed by atoms with Crippen molar-refractivity contribution in [3.05, 3.63) is 28.0 Å². The summed E-state index contributed by atoms with van der Waals surface area (Å²) in [5, 5.41) is 0.343. The maximum Gasteiger partial charge on any atom is 0.251 e. The Labute approximate surface area is 85.3 Å². The van der Waals surface area contributed by atoms with Gasteiger partial charge >= 0.3 is 0 Å². The standard InChI is InChI=1S/C6H4Cl2N2O.ClH/c7-3-1-10-2-4(8)5(3)6(9)11;/h1-2H,(H2,9,11);1H. The lowest BCUT2D eigenvalue weighted by Crippen LogP contribution is -2.12. The SMILES string of the molecule is Cl.NC(=O)c1c(Cl)cncc1Cl. The van der Waals surface area contributed by atoms with Crippen LogP contribution in [-0.2, 0) is 0 Å². The number of nitrogens with two attached hydrogens (primary N) is 1. The summed E-state index contributed by atoms with van der Waals surface area (Å²) in [5.74, 6) is -0.651. The Balaban J connectivity index is 0.00000121. The van der Waals surface area contributed by atoms with Crippen LogP contribution in [0.5, 0.6) is 0 Å². The molecule has 1 aromatic heterocycles. The van der Waals surface area contributed by atoms with E-state index in [1.165, 1.54) is 12.4 Å². The summed E-state index contributed by atoms with van der Waals surface area (Å²) in [6, 6.07) is 0. The smallest absolute Gasteiger partial charge is 0.251 e. The van der Waals surface area contributed by atoms with Crippen LogP contribution in [0.3, 0.4) is 0 Å². The Morgan fingerprint density at radius 2 is 1.75 bits per heavy atom. The van der Waals surface area contributed by atoms with Gasteiger partial charge in [-0.3, -0.25) is 9.78 Å². The maximum atomic E-state index is 10.7. The zero-order valence-electron chi connectivity index (χ0n) is 5.75. The van der Waals surface area contributed by atoms with Gasteiger partial charge in [-0.1, -0.05) is 23.2 Å². The summed E-state index contributed by atoms with van der Waals surface area (Å²) in [7, 11) is 0. The van der Waals surface area contributed by atoms with E-state index in [4.69, 9.17) is 28.9 Å². The minimum Gasteiger partial charge on any atom is -0.366 e. The van der Waals surface area contributed by atoms with Gasteiger partial charge in [0, 0.05) is 12.4 Å². The van der Waals surface area contributed by atoms with E-state index in [2.05, 4.69) is 4.98 Å². The fourth-order valence-corrected chi connectivity index (χ4v) is 1.20. The topological polar surface area (TPSA) is 56.0 Å². The van der Waals surface area contributed by atoms with Crippen molar-refractivity contribution in [3.63, 3.8) is 0 Å². The summed E-state index contributed by atoms with van der Waals surface area (Å²) in [4.78, 5) is 14.3. The van der Waals surface area contributed by atoms with Crippen molar-refractivity contribution in [3.8, 4) is 0 Å². The quantitative estimate of drug-likeness (QED) is 0.797. The van der Waals surface area contributed by atoms with E-state index < -0.39 is 5.91 Å². The van der Waals surface area contributed by atoms with Crippen LogP contribution >= 0.6 is 35.6 Å². The molecule has 1 amide bonds. The van der Waals surface area contributed by atoms with Crippen molar-refractivity contribution in [2.24, 2.45) is 5.73 Å². The number of nitrogens with zero attached hydrogens (tertiary/aromatic N) is 1. The third-order valence-electron chi connectivity index (χ3n) is 1.10. The van der Waals surface area contributed by atoms with Gasteiger partial charge in [0.1, 0.15) is 0 Å². The van der Waals surface area contributed by atoms with E-state index in [0.29, 0.717) is 0 Å². The molecule has 2 N–H and O–H groups in total. The molecule has 0 aliphatic rings. The molecule has 1 heterocycles. The zero-order valence-corrected chi connectivity index (χ0v) is 8.08. The number of aromatic nitrogens is 1. The van der Waals surface area contributed by atoms with Crippen LogP contribution in [0.15, 0.2) is 12.4 Å².